The van der Waals surface area contributed by atoms with Gasteiger partial charge in [0.1, 0.15) is 11.8 Å². The number of rotatable bonds is 4. The molecule has 1 unspecified atom stereocenters. The van der Waals surface area contributed by atoms with Crippen LogP contribution in [0.1, 0.15) is 6.42 Å². The third-order valence-corrected chi connectivity index (χ3v) is 5.05. The molecule has 3 heterocycles. The number of H-pyrrole nitrogens is 1. The highest BCUT2D eigenvalue weighted by Crippen LogP contribution is 2.31. The quantitative estimate of drug-likeness (QED) is 0.452. The number of fused-ring (bicyclic) bond motifs is 1. The highest BCUT2D eigenvalue weighted by molar-refractivity contribution is 6.31. The zero-order chi connectivity index (χ0) is 19.1. The molecule has 4 atom stereocenters. The average molecular weight is 394 g/mol. The normalized spacial score (nSPS) is 25.2. The number of hydrogen-bond acceptors (Lipinski definition) is 7. The summed E-state index contributed by atoms with van der Waals surface area (Å²) in [7, 11) is 0. The standard InChI is InChI=1S/C17H17ClFN5O3/c18-8-2-9-10(4-21-15(9)20-3-8)16-22-5-11(19)17(24-16)23-12-1-7(6-25)13(26)14(12)27/h2-5,7,12-14,25-27H,1,6H2,(H,20,21)(H,22,23,24)/t7?,12-,13-,14+/m1/s1. The summed E-state index contributed by atoms with van der Waals surface area (Å²) in [6.07, 6.45) is 2.25. The van der Waals surface area contributed by atoms with E-state index in [1.807, 2.05) is 0 Å². The summed E-state index contributed by atoms with van der Waals surface area (Å²) in [5.41, 5.74) is 1.19. The molecule has 1 aliphatic rings. The molecule has 0 spiro atoms. The number of nitrogens with one attached hydrogen (secondary N) is 2. The van der Waals surface area contributed by atoms with Crippen molar-refractivity contribution < 1.29 is 19.7 Å². The van der Waals surface area contributed by atoms with Gasteiger partial charge in [-0.1, -0.05) is 11.6 Å². The van der Waals surface area contributed by atoms with Gasteiger partial charge in [-0.05, 0) is 12.5 Å². The molecular formula is C17H17ClFN5O3. The van der Waals surface area contributed by atoms with Crippen LogP contribution in [0.5, 0.6) is 0 Å². The molecule has 0 radical (unpaired) electrons. The molecule has 0 bridgehead atoms. The largest absolute Gasteiger partial charge is 0.396 e. The molecule has 1 aliphatic carbocycles. The van der Waals surface area contributed by atoms with E-state index in [1.54, 1.807) is 12.3 Å². The van der Waals surface area contributed by atoms with E-state index in [0.29, 0.717) is 21.6 Å². The van der Waals surface area contributed by atoms with Gasteiger partial charge in [0.2, 0.25) is 0 Å². The van der Waals surface area contributed by atoms with Gasteiger partial charge in [-0.3, -0.25) is 0 Å². The van der Waals surface area contributed by atoms with E-state index in [9.17, 15) is 19.7 Å². The molecule has 10 heteroatoms. The second-order valence-electron chi connectivity index (χ2n) is 6.55. The number of aromatic nitrogens is 4. The summed E-state index contributed by atoms with van der Waals surface area (Å²) in [6, 6.07) is 1.06. The van der Waals surface area contributed by atoms with Gasteiger partial charge in [0.25, 0.3) is 0 Å². The maximum atomic E-state index is 14.2. The molecule has 3 aromatic heterocycles. The van der Waals surface area contributed by atoms with Crippen molar-refractivity contribution in [2.45, 2.75) is 24.7 Å². The third kappa shape index (κ3) is 3.23. The first-order chi connectivity index (χ1) is 13.0. The Labute approximate surface area is 158 Å². The van der Waals surface area contributed by atoms with Crippen LogP contribution >= 0.6 is 11.6 Å². The fourth-order valence-electron chi connectivity index (χ4n) is 3.39. The Hall–Kier alpha value is -2.33. The molecule has 1 fully saturated rings. The number of aromatic amines is 1. The van der Waals surface area contributed by atoms with Gasteiger partial charge in [-0.2, -0.15) is 0 Å². The van der Waals surface area contributed by atoms with Crippen molar-refractivity contribution >= 4 is 28.5 Å². The van der Waals surface area contributed by atoms with E-state index >= 15 is 0 Å². The number of aliphatic hydroxyl groups is 3. The molecular weight excluding hydrogens is 377 g/mol. The maximum absolute atomic E-state index is 14.2. The van der Waals surface area contributed by atoms with Crippen molar-refractivity contribution in [1.29, 1.82) is 0 Å². The maximum Gasteiger partial charge on any atom is 0.183 e. The minimum Gasteiger partial charge on any atom is -0.396 e. The first-order valence-electron chi connectivity index (χ1n) is 8.37. The smallest absolute Gasteiger partial charge is 0.183 e. The summed E-state index contributed by atoms with van der Waals surface area (Å²) >= 11 is 6.00. The van der Waals surface area contributed by atoms with Gasteiger partial charge < -0.3 is 25.6 Å². The van der Waals surface area contributed by atoms with Crippen molar-refractivity contribution in [3.63, 3.8) is 0 Å². The number of hydrogen-bond donors (Lipinski definition) is 5. The van der Waals surface area contributed by atoms with Gasteiger partial charge in [0.15, 0.2) is 17.5 Å². The van der Waals surface area contributed by atoms with E-state index in [1.165, 1.54) is 6.20 Å². The van der Waals surface area contributed by atoms with E-state index in [2.05, 4.69) is 25.3 Å². The summed E-state index contributed by atoms with van der Waals surface area (Å²) in [6.45, 7) is -0.267. The number of pyridine rings is 1. The SMILES string of the molecule is OCC1C[C@@H](Nc2nc(-c3c[nH]c4ncc(Cl)cc34)ncc2F)[C@H](O)[C@@H]1O. The molecule has 4 rings (SSSR count). The first-order valence-corrected chi connectivity index (χ1v) is 8.74. The molecule has 27 heavy (non-hydrogen) atoms. The Bertz CT molecular complexity index is 984. The van der Waals surface area contributed by atoms with Crippen LogP contribution in [0.25, 0.3) is 22.4 Å². The number of nitrogens with zero attached hydrogens (tertiary/aromatic N) is 3. The summed E-state index contributed by atoms with van der Waals surface area (Å²) in [5.74, 6) is -1.02. The zero-order valence-corrected chi connectivity index (χ0v) is 14.7. The Morgan fingerprint density at radius 3 is 2.81 bits per heavy atom. The summed E-state index contributed by atoms with van der Waals surface area (Å²) < 4.78 is 14.2. The second kappa shape index (κ2) is 7.01. The second-order valence-corrected chi connectivity index (χ2v) is 6.99. The average Bonchev–Trinajstić information content (AvgIpc) is 3.19. The van der Waals surface area contributed by atoms with Gasteiger partial charge in [0, 0.05) is 35.9 Å². The fourth-order valence-corrected chi connectivity index (χ4v) is 3.54. The van der Waals surface area contributed by atoms with Gasteiger partial charge >= 0.3 is 0 Å². The van der Waals surface area contributed by atoms with Gasteiger partial charge in [-0.15, -0.1) is 0 Å². The van der Waals surface area contributed by atoms with E-state index in [0.717, 1.165) is 6.20 Å². The molecule has 3 aromatic rings. The number of anilines is 1. The van der Waals surface area contributed by atoms with Gasteiger partial charge in [-0.25, -0.2) is 19.3 Å². The van der Waals surface area contributed by atoms with Crippen LogP contribution < -0.4 is 5.32 Å². The van der Waals surface area contributed by atoms with Crippen LogP contribution in [0.4, 0.5) is 10.2 Å². The molecule has 0 aromatic carbocycles. The van der Waals surface area contributed by atoms with Crippen molar-refractivity contribution in [2.75, 3.05) is 11.9 Å². The lowest BCUT2D eigenvalue weighted by Gasteiger charge is -2.19. The lowest BCUT2D eigenvalue weighted by atomic mass is 10.1. The van der Waals surface area contributed by atoms with Crippen LogP contribution in [-0.4, -0.2) is 60.1 Å². The monoisotopic (exact) mass is 393 g/mol. The minimum absolute atomic E-state index is 0.0980. The van der Waals surface area contributed by atoms with E-state index in [4.69, 9.17) is 11.6 Å². The Morgan fingerprint density at radius 2 is 2.07 bits per heavy atom. The summed E-state index contributed by atoms with van der Waals surface area (Å²) in [4.78, 5) is 15.4. The number of aliphatic hydroxyl groups excluding tert-OH is 3. The highest BCUT2D eigenvalue weighted by Gasteiger charge is 2.41. The molecule has 1 saturated carbocycles. The Balaban J connectivity index is 1.67. The van der Waals surface area contributed by atoms with Crippen LogP contribution in [-0.2, 0) is 0 Å². The fraction of sp³-hybridized carbons (Fsp3) is 0.353. The minimum atomic E-state index is -1.14. The lowest BCUT2D eigenvalue weighted by Crippen LogP contribution is -2.35. The molecule has 0 saturated heterocycles. The Morgan fingerprint density at radius 1 is 1.26 bits per heavy atom. The van der Waals surface area contributed by atoms with Crippen LogP contribution in [0.3, 0.4) is 0 Å². The molecule has 8 nitrogen and oxygen atoms in total. The Kier molecular flexibility index (Phi) is 4.68. The number of halogens is 2. The van der Waals surface area contributed by atoms with Crippen LogP contribution in [0.15, 0.2) is 24.7 Å². The molecule has 142 valence electrons. The predicted octanol–water partition coefficient (Wildman–Crippen LogP) is 1.33. The van der Waals surface area contributed by atoms with Crippen molar-refractivity contribution in [2.24, 2.45) is 5.92 Å². The van der Waals surface area contributed by atoms with E-state index < -0.39 is 30.0 Å². The first kappa shape index (κ1) is 18.1. The van der Waals surface area contributed by atoms with Crippen LogP contribution in [0, 0.1) is 11.7 Å². The zero-order valence-electron chi connectivity index (χ0n) is 14.0. The van der Waals surface area contributed by atoms with Crippen molar-refractivity contribution in [3.8, 4) is 11.4 Å². The topological polar surface area (TPSA) is 127 Å². The predicted molar refractivity (Wildman–Crippen MR) is 96.7 cm³/mol. The highest BCUT2D eigenvalue weighted by atomic mass is 35.5. The van der Waals surface area contributed by atoms with Crippen LogP contribution in [0.2, 0.25) is 5.02 Å². The van der Waals surface area contributed by atoms with Gasteiger partial charge in [0.05, 0.1) is 23.4 Å². The van der Waals surface area contributed by atoms with Crippen molar-refractivity contribution in [3.05, 3.63) is 35.5 Å². The lowest BCUT2D eigenvalue weighted by molar-refractivity contribution is 0.00443. The molecule has 5 N–H and O–H groups in total. The summed E-state index contributed by atoms with van der Waals surface area (Å²) in [5, 5.41) is 33.3. The molecule has 0 amide bonds. The molecule has 0 aliphatic heterocycles. The van der Waals surface area contributed by atoms with E-state index in [-0.39, 0.29) is 24.7 Å². The van der Waals surface area contributed by atoms with Crippen molar-refractivity contribution in [1.82, 2.24) is 19.9 Å². The third-order valence-electron chi connectivity index (χ3n) is 4.84.